The van der Waals surface area contributed by atoms with Gasteiger partial charge in [0, 0.05) is 26.1 Å². The molecule has 0 saturated heterocycles. The zero-order chi connectivity index (χ0) is 13.5. The highest BCUT2D eigenvalue weighted by atomic mass is 16.2. The number of carbonyl (C=O) groups excluding carboxylic acids is 1. The van der Waals surface area contributed by atoms with Gasteiger partial charge in [0.05, 0.1) is 0 Å². The first-order valence-electron chi connectivity index (χ1n) is 6.80. The minimum atomic E-state index is 0.189. The van der Waals surface area contributed by atoms with Crippen molar-refractivity contribution < 1.29 is 4.79 Å². The van der Waals surface area contributed by atoms with Crippen LogP contribution in [0, 0.1) is 11.3 Å². The fourth-order valence-corrected chi connectivity index (χ4v) is 1.56. The van der Waals surface area contributed by atoms with Crippen molar-refractivity contribution in [3.8, 4) is 0 Å². The molecule has 0 rings (SSSR count). The van der Waals surface area contributed by atoms with E-state index in [0.29, 0.717) is 25.4 Å². The number of unbranched alkanes of at least 4 members (excludes halogenated alkanes) is 1. The Hall–Kier alpha value is -0.570. The molecule has 0 bridgehead atoms. The number of carbonyl (C=O) groups is 1. The Morgan fingerprint density at radius 2 is 1.88 bits per heavy atom. The Balaban J connectivity index is 4.31. The maximum absolute atomic E-state index is 12.2. The summed E-state index contributed by atoms with van der Waals surface area (Å²) < 4.78 is 0. The summed E-state index contributed by atoms with van der Waals surface area (Å²) in [5, 5.41) is 0. The summed E-state index contributed by atoms with van der Waals surface area (Å²) in [7, 11) is 0. The van der Waals surface area contributed by atoms with Crippen molar-refractivity contribution in [1.82, 2.24) is 4.90 Å². The molecular weight excluding hydrogens is 212 g/mol. The second-order valence-electron chi connectivity index (χ2n) is 5.99. The first-order chi connectivity index (χ1) is 7.82. The van der Waals surface area contributed by atoms with Gasteiger partial charge in [-0.15, -0.1) is 0 Å². The highest BCUT2D eigenvalue weighted by molar-refractivity contribution is 5.76. The topological polar surface area (TPSA) is 46.3 Å². The van der Waals surface area contributed by atoms with Gasteiger partial charge < -0.3 is 10.6 Å². The van der Waals surface area contributed by atoms with Gasteiger partial charge in [-0.25, -0.2) is 0 Å². The van der Waals surface area contributed by atoms with E-state index in [0.717, 1.165) is 19.4 Å². The van der Waals surface area contributed by atoms with E-state index < -0.39 is 0 Å². The first kappa shape index (κ1) is 16.4. The zero-order valence-electron chi connectivity index (χ0n) is 12.3. The fraction of sp³-hybridized carbons (Fsp3) is 0.929. The largest absolute Gasteiger partial charge is 0.341 e. The lowest BCUT2D eigenvalue weighted by molar-refractivity contribution is -0.132. The maximum atomic E-state index is 12.2. The van der Waals surface area contributed by atoms with Crippen LogP contribution in [-0.2, 0) is 4.79 Å². The molecule has 3 nitrogen and oxygen atoms in total. The number of nitrogens with two attached hydrogens (primary N) is 1. The Bertz CT molecular complexity index is 221. The van der Waals surface area contributed by atoms with E-state index >= 15 is 0 Å². The second-order valence-corrected chi connectivity index (χ2v) is 5.99. The average molecular weight is 242 g/mol. The molecule has 0 saturated carbocycles. The highest BCUT2D eigenvalue weighted by Crippen LogP contribution is 2.28. The van der Waals surface area contributed by atoms with Crippen LogP contribution in [0.1, 0.15) is 53.9 Å². The third kappa shape index (κ3) is 6.67. The van der Waals surface area contributed by atoms with Crippen molar-refractivity contribution in [2.75, 3.05) is 19.6 Å². The number of nitrogens with zero attached hydrogens (tertiary/aromatic N) is 1. The molecule has 2 N–H and O–H groups in total. The highest BCUT2D eigenvalue weighted by Gasteiger charge is 2.24. The lowest BCUT2D eigenvalue weighted by Crippen LogP contribution is -2.38. The summed E-state index contributed by atoms with van der Waals surface area (Å²) in [5.41, 5.74) is 5.75. The Kier molecular flexibility index (Phi) is 7.44. The monoisotopic (exact) mass is 242 g/mol. The van der Waals surface area contributed by atoms with Crippen molar-refractivity contribution in [3.05, 3.63) is 0 Å². The number of rotatable bonds is 7. The Morgan fingerprint density at radius 1 is 1.29 bits per heavy atom. The van der Waals surface area contributed by atoms with Crippen molar-refractivity contribution in [2.45, 2.75) is 53.9 Å². The predicted octanol–water partition coefficient (Wildman–Crippen LogP) is 2.65. The molecule has 0 aliphatic heterocycles. The second kappa shape index (κ2) is 7.70. The summed E-state index contributed by atoms with van der Waals surface area (Å²) >= 11 is 0. The molecule has 0 aliphatic rings. The summed E-state index contributed by atoms with van der Waals surface area (Å²) in [6.07, 6.45) is 2.81. The van der Waals surface area contributed by atoms with Gasteiger partial charge >= 0.3 is 0 Å². The van der Waals surface area contributed by atoms with Crippen LogP contribution in [0.3, 0.4) is 0 Å². The van der Waals surface area contributed by atoms with Gasteiger partial charge in [-0.05, 0) is 17.8 Å². The van der Waals surface area contributed by atoms with E-state index in [-0.39, 0.29) is 11.3 Å². The number of hydrogen-bond acceptors (Lipinski definition) is 2. The summed E-state index contributed by atoms with van der Waals surface area (Å²) in [4.78, 5) is 14.1. The van der Waals surface area contributed by atoms with Gasteiger partial charge in [0.2, 0.25) is 5.91 Å². The number of hydrogen-bond donors (Lipinski definition) is 1. The molecule has 0 heterocycles. The van der Waals surface area contributed by atoms with E-state index in [1.165, 1.54) is 0 Å². The molecule has 17 heavy (non-hydrogen) atoms. The van der Waals surface area contributed by atoms with Crippen LogP contribution < -0.4 is 5.73 Å². The Labute approximate surface area is 107 Å². The van der Waals surface area contributed by atoms with Gasteiger partial charge in [-0.3, -0.25) is 4.79 Å². The molecular formula is C14H30N2O. The molecule has 0 radical (unpaired) electrons. The number of amides is 1. The smallest absolute Gasteiger partial charge is 0.222 e. The van der Waals surface area contributed by atoms with Gasteiger partial charge in [0.1, 0.15) is 0 Å². The van der Waals surface area contributed by atoms with Crippen molar-refractivity contribution in [1.29, 1.82) is 0 Å². The molecule has 1 unspecified atom stereocenters. The van der Waals surface area contributed by atoms with E-state index in [1.54, 1.807) is 0 Å². The minimum absolute atomic E-state index is 0.189. The standard InChI is InChI=1S/C14H30N2O/c1-6-7-9-16(10-8-15)13(17)11-12(2)14(3,4)5/h12H,6-11,15H2,1-5H3. The van der Waals surface area contributed by atoms with Crippen molar-refractivity contribution in [3.63, 3.8) is 0 Å². The molecule has 1 amide bonds. The third-order valence-corrected chi connectivity index (χ3v) is 3.49. The summed E-state index contributed by atoms with van der Waals surface area (Å²) in [6.45, 7) is 12.9. The average Bonchev–Trinajstić information content (AvgIpc) is 2.22. The molecule has 102 valence electrons. The van der Waals surface area contributed by atoms with Gasteiger partial charge in [-0.2, -0.15) is 0 Å². The van der Waals surface area contributed by atoms with Crippen LogP contribution in [0.4, 0.5) is 0 Å². The van der Waals surface area contributed by atoms with Crippen LogP contribution in [0.25, 0.3) is 0 Å². The molecule has 1 atom stereocenters. The van der Waals surface area contributed by atoms with E-state index in [9.17, 15) is 4.79 Å². The van der Waals surface area contributed by atoms with Crippen LogP contribution >= 0.6 is 0 Å². The molecule has 0 aromatic rings. The predicted molar refractivity (Wildman–Crippen MR) is 73.8 cm³/mol. The molecule has 3 heteroatoms. The SMILES string of the molecule is CCCCN(CCN)C(=O)CC(C)C(C)(C)C. The first-order valence-corrected chi connectivity index (χ1v) is 6.80. The normalized spacial score (nSPS) is 13.5. The summed E-state index contributed by atoms with van der Waals surface area (Å²) in [5.74, 6) is 0.656. The fourth-order valence-electron chi connectivity index (χ4n) is 1.56. The molecule has 0 aromatic heterocycles. The van der Waals surface area contributed by atoms with Crippen LogP contribution in [0.5, 0.6) is 0 Å². The van der Waals surface area contributed by atoms with Crippen LogP contribution in [-0.4, -0.2) is 30.4 Å². The van der Waals surface area contributed by atoms with Gasteiger partial charge in [0.15, 0.2) is 0 Å². The molecule has 0 aliphatic carbocycles. The summed E-state index contributed by atoms with van der Waals surface area (Å²) in [6, 6.07) is 0. The van der Waals surface area contributed by atoms with E-state index in [1.807, 2.05) is 4.90 Å². The third-order valence-electron chi connectivity index (χ3n) is 3.49. The lowest BCUT2D eigenvalue weighted by atomic mass is 9.80. The van der Waals surface area contributed by atoms with Crippen molar-refractivity contribution in [2.24, 2.45) is 17.1 Å². The van der Waals surface area contributed by atoms with E-state index in [4.69, 9.17) is 5.73 Å². The minimum Gasteiger partial charge on any atom is -0.341 e. The van der Waals surface area contributed by atoms with Crippen LogP contribution in [0.15, 0.2) is 0 Å². The van der Waals surface area contributed by atoms with Crippen LogP contribution in [0.2, 0.25) is 0 Å². The van der Waals surface area contributed by atoms with Gasteiger partial charge in [-0.1, -0.05) is 41.0 Å². The molecule has 0 spiro atoms. The van der Waals surface area contributed by atoms with Crippen molar-refractivity contribution >= 4 is 5.91 Å². The van der Waals surface area contributed by atoms with Gasteiger partial charge in [0.25, 0.3) is 0 Å². The maximum Gasteiger partial charge on any atom is 0.222 e. The zero-order valence-corrected chi connectivity index (χ0v) is 12.3. The lowest BCUT2D eigenvalue weighted by Gasteiger charge is -2.30. The molecule has 0 fully saturated rings. The molecule has 0 aromatic carbocycles. The Morgan fingerprint density at radius 3 is 2.29 bits per heavy atom. The van der Waals surface area contributed by atoms with E-state index in [2.05, 4.69) is 34.6 Å². The quantitative estimate of drug-likeness (QED) is 0.746.